The third kappa shape index (κ3) is 2.80. The van der Waals surface area contributed by atoms with Crippen molar-refractivity contribution in [1.29, 1.82) is 0 Å². The molecule has 0 radical (unpaired) electrons. The van der Waals surface area contributed by atoms with Crippen molar-refractivity contribution in [2.75, 3.05) is 6.61 Å². The van der Waals surface area contributed by atoms with Crippen molar-refractivity contribution in [3.63, 3.8) is 0 Å². The van der Waals surface area contributed by atoms with Crippen LogP contribution in [0.2, 0.25) is 5.02 Å². The van der Waals surface area contributed by atoms with Crippen LogP contribution in [-0.4, -0.2) is 17.6 Å². The van der Waals surface area contributed by atoms with Crippen LogP contribution in [0.4, 0.5) is 0 Å². The lowest BCUT2D eigenvalue weighted by atomic mass is 9.95. The van der Waals surface area contributed by atoms with Gasteiger partial charge in [-0.05, 0) is 49.8 Å². The number of ether oxygens (including phenoxy) is 1. The molecule has 0 spiro atoms. The first-order valence-electron chi connectivity index (χ1n) is 7.70. The lowest BCUT2D eigenvalue weighted by Crippen LogP contribution is -2.07. The lowest BCUT2D eigenvalue weighted by molar-refractivity contribution is 0.0500. The minimum atomic E-state index is -0.331. The van der Waals surface area contributed by atoms with Gasteiger partial charge in [0, 0.05) is 16.6 Å². The third-order valence-corrected chi connectivity index (χ3v) is 4.45. The summed E-state index contributed by atoms with van der Waals surface area (Å²) in [5.74, 6) is -0.331. The van der Waals surface area contributed by atoms with Crippen molar-refractivity contribution in [1.82, 2.24) is 4.98 Å². The molecule has 1 heterocycles. The van der Waals surface area contributed by atoms with Crippen molar-refractivity contribution in [3.8, 4) is 0 Å². The Morgan fingerprint density at radius 1 is 1.33 bits per heavy atom. The number of hydrogen-bond donors (Lipinski definition) is 1. The van der Waals surface area contributed by atoms with E-state index in [1.807, 2.05) is 12.1 Å². The summed E-state index contributed by atoms with van der Waals surface area (Å²) >= 11 is 6.30. The summed E-state index contributed by atoms with van der Waals surface area (Å²) in [6.45, 7) is 2.52. The number of carbonyl (C=O) groups is 1. The number of halogens is 1. The van der Waals surface area contributed by atoms with Gasteiger partial charge in [-0.3, -0.25) is 0 Å². The highest BCUT2D eigenvalue weighted by Crippen LogP contribution is 2.32. The molecule has 0 unspecified atom stereocenters. The summed E-state index contributed by atoms with van der Waals surface area (Å²) in [5, 5.41) is 1.64. The molecule has 0 aliphatic heterocycles. The first kappa shape index (κ1) is 14.5. The lowest BCUT2D eigenvalue weighted by Gasteiger charge is -2.10. The fourth-order valence-corrected chi connectivity index (χ4v) is 3.21. The number of esters is 1. The monoisotopic (exact) mass is 305 g/mol. The molecule has 1 aliphatic carbocycles. The van der Waals surface area contributed by atoms with Crippen molar-refractivity contribution >= 4 is 28.5 Å². The van der Waals surface area contributed by atoms with Crippen LogP contribution in [0.15, 0.2) is 12.1 Å². The van der Waals surface area contributed by atoms with Gasteiger partial charge in [-0.1, -0.05) is 24.9 Å². The van der Waals surface area contributed by atoms with Crippen molar-refractivity contribution in [3.05, 3.63) is 34.0 Å². The fourth-order valence-electron chi connectivity index (χ4n) is 2.97. The van der Waals surface area contributed by atoms with Gasteiger partial charge in [-0.25, -0.2) is 4.79 Å². The molecule has 2 aromatic rings. The number of unbranched alkanes of at least 4 members (excludes halogenated alkanes) is 1. The predicted molar refractivity (Wildman–Crippen MR) is 85.1 cm³/mol. The Balaban J connectivity index is 1.93. The first-order chi connectivity index (χ1) is 10.2. The number of hydrogen-bond acceptors (Lipinski definition) is 2. The number of aryl methyl sites for hydroxylation is 2. The summed E-state index contributed by atoms with van der Waals surface area (Å²) in [6.07, 6.45) is 6.49. The number of aromatic nitrogens is 1. The van der Waals surface area contributed by atoms with Gasteiger partial charge in [0.25, 0.3) is 0 Å². The molecule has 0 amide bonds. The zero-order valence-corrected chi connectivity index (χ0v) is 13.1. The normalized spacial score (nSPS) is 14.2. The van der Waals surface area contributed by atoms with E-state index in [1.54, 1.807) is 0 Å². The Bertz CT molecular complexity index is 675. The van der Waals surface area contributed by atoms with E-state index in [1.165, 1.54) is 24.1 Å². The van der Waals surface area contributed by atoms with E-state index in [4.69, 9.17) is 16.3 Å². The largest absolute Gasteiger partial charge is 0.462 e. The number of aromatic amines is 1. The highest BCUT2D eigenvalue weighted by Gasteiger charge is 2.19. The standard InChI is InChI=1S/C17H20ClNO2/c1-2-3-8-21-17(20)13-10-16-12(9-14(13)18)11-6-4-5-7-15(11)19-16/h9-10,19H,2-8H2,1H3. The molecule has 0 saturated heterocycles. The zero-order chi connectivity index (χ0) is 14.8. The summed E-state index contributed by atoms with van der Waals surface area (Å²) in [4.78, 5) is 15.5. The minimum Gasteiger partial charge on any atom is -0.462 e. The number of nitrogens with one attached hydrogen (secondary N) is 1. The highest BCUT2D eigenvalue weighted by atomic mass is 35.5. The number of fused-ring (bicyclic) bond motifs is 3. The maximum atomic E-state index is 12.1. The average Bonchev–Trinajstić information content (AvgIpc) is 2.84. The molecule has 1 aliphatic rings. The first-order valence-corrected chi connectivity index (χ1v) is 8.08. The second kappa shape index (κ2) is 6.10. The second-order valence-corrected chi connectivity index (χ2v) is 6.06. The van der Waals surface area contributed by atoms with Gasteiger partial charge >= 0.3 is 5.97 Å². The Morgan fingerprint density at radius 2 is 2.14 bits per heavy atom. The number of carbonyl (C=O) groups excluding carboxylic acids is 1. The second-order valence-electron chi connectivity index (χ2n) is 5.66. The van der Waals surface area contributed by atoms with Gasteiger partial charge in [0.15, 0.2) is 0 Å². The molecule has 0 atom stereocenters. The molecular weight excluding hydrogens is 286 g/mol. The molecule has 3 nitrogen and oxygen atoms in total. The zero-order valence-electron chi connectivity index (χ0n) is 12.3. The summed E-state index contributed by atoms with van der Waals surface area (Å²) < 4.78 is 5.26. The van der Waals surface area contributed by atoms with Crippen molar-refractivity contribution < 1.29 is 9.53 Å². The Hall–Kier alpha value is -1.48. The Kier molecular flexibility index (Phi) is 4.20. The van der Waals surface area contributed by atoms with Crippen LogP contribution in [0.25, 0.3) is 10.9 Å². The van der Waals surface area contributed by atoms with Gasteiger partial charge in [-0.15, -0.1) is 0 Å². The van der Waals surface area contributed by atoms with Crippen LogP contribution in [0.5, 0.6) is 0 Å². The predicted octanol–water partition coefficient (Wildman–Crippen LogP) is 4.66. The van der Waals surface area contributed by atoms with Crippen LogP contribution in [-0.2, 0) is 17.6 Å². The van der Waals surface area contributed by atoms with Gasteiger partial charge in [0.05, 0.1) is 17.2 Å². The molecule has 112 valence electrons. The molecule has 4 heteroatoms. The van der Waals surface area contributed by atoms with E-state index in [-0.39, 0.29) is 5.97 Å². The molecular formula is C17H20ClNO2. The van der Waals surface area contributed by atoms with Gasteiger partial charge in [-0.2, -0.15) is 0 Å². The van der Waals surface area contributed by atoms with Crippen LogP contribution in [0.3, 0.4) is 0 Å². The Morgan fingerprint density at radius 3 is 2.95 bits per heavy atom. The highest BCUT2D eigenvalue weighted by molar-refractivity contribution is 6.34. The van der Waals surface area contributed by atoms with Crippen LogP contribution in [0.1, 0.15) is 54.2 Å². The average molecular weight is 306 g/mol. The number of rotatable bonds is 4. The van der Waals surface area contributed by atoms with Crippen molar-refractivity contribution in [2.45, 2.75) is 45.4 Å². The maximum absolute atomic E-state index is 12.1. The van der Waals surface area contributed by atoms with Crippen LogP contribution >= 0.6 is 11.6 Å². The maximum Gasteiger partial charge on any atom is 0.339 e. The fraction of sp³-hybridized carbons (Fsp3) is 0.471. The van der Waals surface area contributed by atoms with E-state index < -0.39 is 0 Å². The van der Waals surface area contributed by atoms with Crippen LogP contribution in [0, 0.1) is 0 Å². The molecule has 1 N–H and O–H groups in total. The number of H-pyrrole nitrogens is 1. The smallest absolute Gasteiger partial charge is 0.339 e. The molecule has 0 fully saturated rings. The van der Waals surface area contributed by atoms with Crippen LogP contribution < -0.4 is 0 Å². The molecule has 1 aromatic heterocycles. The third-order valence-electron chi connectivity index (χ3n) is 4.14. The topological polar surface area (TPSA) is 42.1 Å². The summed E-state index contributed by atoms with van der Waals surface area (Å²) in [5.41, 5.74) is 4.11. The molecule has 1 aromatic carbocycles. The van der Waals surface area contributed by atoms with E-state index in [9.17, 15) is 4.79 Å². The minimum absolute atomic E-state index is 0.331. The molecule has 0 saturated carbocycles. The van der Waals surface area contributed by atoms with E-state index in [2.05, 4.69) is 11.9 Å². The van der Waals surface area contributed by atoms with E-state index >= 15 is 0 Å². The van der Waals surface area contributed by atoms with Crippen molar-refractivity contribution in [2.24, 2.45) is 0 Å². The van der Waals surface area contributed by atoms with Gasteiger partial charge in [0.2, 0.25) is 0 Å². The Labute approximate surface area is 129 Å². The summed E-state index contributed by atoms with van der Waals surface area (Å²) in [7, 11) is 0. The molecule has 0 bridgehead atoms. The number of benzene rings is 1. The van der Waals surface area contributed by atoms with E-state index in [0.29, 0.717) is 17.2 Å². The molecule has 3 rings (SSSR count). The quantitative estimate of drug-likeness (QED) is 0.659. The van der Waals surface area contributed by atoms with Gasteiger partial charge in [0.1, 0.15) is 0 Å². The van der Waals surface area contributed by atoms with Gasteiger partial charge < -0.3 is 9.72 Å². The van der Waals surface area contributed by atoms with E-state index in [0.717, 1.165) is 36.6 Å². The molecule has 21 heavy (non-hydrogen) atoms. The summed E-state index contributed by atoms with van der Waals surface area (Å²) in [6, 6.07) is 3.75. The SMILES string of the molecule is CCCCOC(=O)c1cc2[nH]c3c(c2cc1Cl)CCCC3.